The van der Waals surface area contributed by atoms with Crippen LogP contribution in [0.1, 0.15) is 65.5 Å². The number of rotatable bonds is 13. The zero-order valence-corrected chi connectivity index (χ0v) is 23.8. The van der Waals surface area contributed by atoms with E-state index in [1.807, 2.05) is 65.6 Å². The average Bonchev–Trinajstić information content (AvgIpc) is 3.16. The van der Waals surface area contributed by atoms with Crippen molar-refractivity contribution in [2.24, 2.45) is 0 Å². The topological polar surface area (TPSA) is 85.4 Å². The Morgan fingerprint density at radius 2 is 1.44 bits per heavy atom. The quantitative estimate of drug-likeness (QED) is 0.165. The SMILES string of the molecule is CCCCc1cc(OP(=O)(OCC)OCC)c(N(Cc2ccccc2)c2ccccc2)c2c1C(=O)N(C)C2=O. The second-order valence-corrected chi connectivity index (χ2v) is 10.8. The number of benzene rings is 3. The summed E-state index contributed by atoms with van der Waals surface area (Å²) in [5, 5.41) is 0. The number of phosphoric acid groups is 1. The Morgan fingerprint density at radius 1 is 0.846 bits per heavy atom. The third kappa shape index (κ3) is 6.09. The van der Waals surface area contributed by atoms with Crippen LogP contribution in [0, 0.1) is 0 Å². The van der Waals surface area contributed by atoms with Crippen LogP contribution in [0.3, 0.4) is 0 Å². The van der Waals surface area contributed by atoms with Gasteiger partial charge in [-0.05, 0) is 56.0 Å². The fourth-order valence-electron chi connectivity index (χ4n) is 4.68. The van der Waals surface area contributed by atoms with Crippen LogP contribution in [0.2, 0.25) is 0 Å². The van der Waals surface area contributed by atoms with Gasteiger partial charge in [-0.3, -0.25) is 23.5 Å². The van der Waals surface area contributed by atoms with Gasteiger partial charge in [-0.1, -0.05) is 61.9 Å². The summed E-state index contributed by atoms with van der Waals surface area (Å²) in [5.41, 5.74) is 3.34. The molecule has 0 fully saturated rings. The summed E-state index contributed by atoms with van der Waals surface area (Å²) in [7, 11) is -2.56. The Balaban J connectivity index is 2.03. The van der Waals surface area contributed by atoms with Crippen LogP contribution in [0.4, 0.5) is 11.4 Å². The summed E-state index contributed by atoms with van der Waals surface area (Å²) in [5.74, 6) is -0.634. The van der Waals surface area contributed by atoms with Gasteiger partial charge in [-0.15, -0.1) is 0 Å². The highest BCUT2D eigenvalue weighted by atomic mass is 31.2. The molecule has 8 nitrogen and oxygen atoms in total. The molecule has 0 aromatic heterocycles. The standard InChI is InChI=1S/C30H35N2O6P/c1-5-8-17-23-20-25(38-39(35,36-6-2)37-7-3)28(27-26(23)29(33)31(4)30(27)34)32(24-18-13-10-14-19-24)21-22-15-11-9-12-16-22/h9-16,18-20H,5-8,17,21H2,1-4H3. The van der Waals surface area contributed by atoms with Gasteiger partial charge in [0.1, 0.15) is 0 Å². The molecule has 0 bridgehead atoms. The fraction of sp³-hybridized carbons (Fsp3) is 0.333. The molecule has 0 aliphatic carbocycles. The summed E-state index contributed by atoms with van der Waals surface area (Å²) in [4.78, 5) is 30.2. The number of hydrogen-bond donors (Lipinski definition) is 0. The number of nitrogens with zero attached hydrogens (tertiary/aromatic N) is 2. The highest BCUT2D eigenvalue weighted by Gasteiger charge is 2.42. The molecule has 0 N–H and O–H groups in total. The summed E-state index contributed by atoms with van der Waals surface area (Å²) in [6.45, 7) is 6.03. The predicted octanol–water partition coefficient (Wildman–Crippen LogP) is 7.15. The molecule has 206 valence electrons. The second kappa shape index (κ2) is 12.6. The lowest BCUT2D eigenvalue weighted by Crippen LogP contribution is -2.25. The summed E-state index contributed by atoms with van der Waals surface area (Å²) in [6.07, 6.45) is 2.25. The van der Waals surface area contributed by atoms with E-state index < -0.39 is 13.7 Å². The van der Waals surface area contributed by atoms with Crippen molar-refractivity contribution >= 4 is 31.0 Å². The molecule has 0 saturated carbocycles. The number of carbonyl (C=O) groups excluding carboxylic acids is 2. The van der Waals surface area contributed by atoms with Crippen LogP contribution in [0.5, 0.6) is 5.75 Å². The van der Waals surface area contributed by atoms with Crippen LogP contribution < -0.4 is 9.42 Å². The molecule has 9 heteroatoms. The minimum atomic E-state index is -4.04. The van der Waals surface area contributed by atoms with Gasteiger partial charge >= 0.3 is 7.82 Å². The van der Waals surface area contributed by atoms with Gasteiger partial charge in [0, 0.05) is 19.3 Å². The van der Waals surface area contributed by atoms with E-state index in [-0.39, 0.29) is 30.4 Å². The fourth-order valence-corrected chi connectivity index (χ4v) is 5.88. The Bertz CT molecular complexity index is 1350. The largest absolute Gasteiger partial charge is 0.530 e. The number of para-hydroxylation sites is 1. The van der Waals surface area contributed by atoms with Crippen LogP contribution >= 0.6 is 7.82 Å². The van der Waals surface area contributed by atoms with Crippen molar-refractivity contribution in [3.8, 4) is 5.75 Å². The smallest absolute Gasteiger partial charge is 0.402 e. The highest BCUT2D eigenvalue weighted by Crippen LogP contribution is 2.54. The number of fused-ring (bicyclic) bond motifs is 1. The maximum Gasteiger partial charge on any atom is 0.530 e. The summed E-state index contributed by atoms with van der Waals surface area (Å²) >= 11 is 0. The lowest BCUT2D eigenvalue weighted by molar-refractivity contribution is 0.0692. The van der Waals surface area contributed by atoms with E-state index in [1.165, 1.54) is 7.05 Å². The second-order valence-electron chi connectivity index (χ2n) is 9.19. The molecule has 3 aromatic rings. The Labute approximate surface area is 230 Å². The van der Waals surface area contributed by atoms with Gasteiger partial charge in [0.25, 0.3) is 11.8 Å². The van der Waals surface area contributed by atoms with Gasteiger partial charge in [-0.25, -0.2) is 4.57 Å². The Morgan fingerprint density at radius 3 is 2.03 bits per heavy atom. The monoisotopic (exact) mass is 550 g/mol. The maximum absolute atomic E-state index is 13.7. The number of aryl methyl sites for hydroxylation is 1. The van der Waals surface area contributed by atoms with E-state index in [0.717, 1.165) is 29.0 Å². The molecular weight excluding hydrogens is 515 g/mol. The molecule has 0 saturated heterocycles. The number of hydrogen-bond acceptors (Lipinski definition) is 7. The van der Waals surface area contributed by atoms with Crippen molar-refractivity contribution in [2.75, 3.05) is 25.2 Å². The van der Waals surface area contributed by atoms with Crippen molar-refractivity contribution < 1.29 is 27.7 Å². The molecule has 0 unspecified atom stereocenters. The molecule has 39 heavy (non-hydrogen) atoms. The van der Waals surface area contributed by atoms with E-state index in [1.54, 1.807) is 19.9 Å². The molecule has 2 amide bonds. The third-order valence-corrected chi connectivity index (χ3v) is 8.06. The van der Waals surface area contributed by atoms with Gasteiger partial charge in [0.15, 0.2) is 5.75 Å². The molecule has 1 aliphatic rings. The van der Waals surface area contributed by atoms with Crippen LogP contribution in [0.25, 0.3) is 0 Å². The first-order valence-electron chi connectivity index (χ1n) is 13.3. The zero-order chi connectivity index (χ0) is 28.0. The van der Waals surface area contributed by atoms with Gasteiger partial charge in [0.05, 0.1) is 30.0 Å². The van der Waals surface area contributed by atoms with Crippen molar-refractivity contribution in [2.45, 2.75) is 46.6 Å². The van der Waals surface area contributed by atoms with Gasteiger partial charge in [-0.2, -0.15) is 0 Å². The maximum atomic E-state index is 13.7. The Hall–Kier alpha value is -3.45. The Kier molecular flexibility index (Phi) is 9.23. The van der Waals surface area contributed by atoms with E-state index >= 15 is 0 Å². The minimum absolute atomic E-state index is 0.104. The van der Waals surface area contributed by atoms with Crippen LogP contribution in [0.15, 0.2) is 66.7 Å². The number of imide groups is 1. The van der Waals surface area contributed by atoms with Crippen molar-refractivity contribution in [3.05, 3.63) is 89.0 Å². The molecule has 0 atom stereocenters. The number of amides is 2. The molecular formula is C30H35N2O6P. The number of unbranched alkanes of at least 4 members (excludes halogenated alkanes) is 1. The first-order chi connectivity index (χ1) is 18.8. The molecule has 4 rings (SSSR count). The molecule has 0 radical (unpaired) electrons. The van der Waals surface area contributed by atoms with Crippen molar-refractivity contribution in [1.29, 1.82) is 0 Å². The lowest BCUT2D eigenvalue weighted by atomic mass is 9.95. The molecule has 3 aromatic carbocycles. The van der Waals surface area contributed by atoms with E-state index in [0.29, 0.717) is 29.8 Å². The predicted molar refractivity (Wildman–Crippen MR) is 152 cm³/mol. The van der Waals surface area contributed by atoms with Crippen LogP contribution in [-0.2, 0) is 26.6 Å². The van der Waals surface area contributed by atoms with E-state index in [4.69, 9.17) is 13.6 Å². The van der Waals surface area contributed by atoms with Crippen molar-refractivity contribution in [3.63, 3.8) is 0 Å². The van der Waals surface area contributed by atoms with Gasteiger partial charge in [0.2, 0.25) is 0 Å². The molecule has 1 aliphatic heterocycles. The normalized spacial score (nSPS) is 13.1. The third-order valence-electron chi connectivity index (χ3n) is 6.49. The zero-order valence-electron chi connectivity index (χ0n) is 22.9. The molecule has 0 spiro atoms. The first kappa shape index (κ1) is 28.6. The minimum Gasteiger partial charge on any atom is -0.402 e. The van der Waals surface area contributed by atoms with E-state index in [2.05, 4.69) is 6.92 Å². The summed E-state index contributed by atoms with van der Waals surface area (Å²) < 4.78 is 30.7. The first-order valence-corrected chi connectivity index (χ1v) is 14.8. The van der Waals surface area contributed by atoms with E-state index in [9.17, 15) is 14.2 Å². The number of phosphoric ester groups is 1. The van der Waals surface area contributed by atoms with Gasteiger partial charge < -0.3 is 9.42 Å². The number of carbonyl (C=O) groups is 2. The van der Waals surface area contributed by atoms with Crippen molar-refractivity contribution in [1.82, 2.24) is 4.90 Å². The lowest BCUT2D eigenvalue weighted by Gasteiger charge is -2.30. The molecule has 1 heterocycles. The van der Waals surface area contributed by atoms with Crippen LogP contribution in [-0.4, -0.2) is 37.0 Å². The summed E-state index contributed by atoms with van der Waals surface area (Å²) in [6, 6.07) is 21.0. The number of anilines is 2. The highest BCUT2D eigenvalue weighted by molar-refractivity contribution is 7.48. The average molecular weight is 551 g/mol.